The van der Waals surface area contributed by atoms with E-state index in [0.29, 0.717) is 6.61 Å². The number of nitrogens with zero attached hydrogens (tertiary/aromatic N) is 2. The molecule has 0 aliphatic rings. The number of rotatable bonds is 4. The molecule has 0 fully saturated rings. The minimum Gasteiger partial charge on any atom is -0.378 e. The third kappa shape index (κ3) is 2.66. The zero-order chi connectivity index (χ0) is 12.3. The normalized spacial score (nSPS) is 10.4. The van der Waals surface area contributed by atoms with Gasteiger partial charge in [-0.1, -0.05) is 12.1 Å². The van der Waals surface area contributed by atoms with Crippen LogP contribution < -0.4 is 0 Å². The number of hydrogen-bond donors (Lipinski definition) is 0. The fraction of sp³-hybridized carbons (Fsp3) is 0.182. The molecule has 88 valence electrons. The van der Waals surface area contributed by atoms with Gasteiger partial charge in [0, 0.05) is 30.2 Å². The Kier molecular flexibility index (Phi) is 3.46. The van der Waals surface area contributed by atoms with E-state index in [1.807, 2.05) is 5.38 Å². The van der Waals surface area contributed by atoms with Crippen molar-refractivity contribution in [1.82, 2.24) is 4.98 Å². The summed E-state index contributed by atoms with van der Waals surface area (Å²) in [5, 5.41) is 13.4. The number of methoxy groups -OCH3 is 1. The summed E-state index contributed by atoms with van der Waals surface area (Å²) < 4.78 is 4.98. The lowest BCUT2D eigenvalue weighted by molar-refractivity contribution is -0.384. The highest BCUT2D eigenvalue weighted by molar-refractivity contribution is 7.09. The predicted octanol–water partition coefficient (Wildman–Crippen LogP) is 2.86. The summed E-state index contributed by atoms with van der Waals surface area (Å²) in [6.45, 7) is 0.458. The monoisotopic (exact) mass is 250 g/mol. The van der Waals surface area contributed by atoms with Crippen molar-refractivity contribution >= 4 is 17.0 Å². The number of ether oxygens (including phenoxy) is 1. The Balaban J connectivity index is 2.32. The van der Waals surface area contributed by atoms with Crippen LogP contribution in [0.15, 0.2) is 29.6 Å². The van der Waals surface area contributed by atoms with E-state index in [1.54, 1.807) is 19.2 Å². The molecule has 0 unspecified atom stereocenters. The molecular formula is C11H10N2O3S. The third-order valence-electron chi connectivity index (χ3n) is 2.17. The second-order valence-electron chi connectivity index (χ2n) is 3.37. The van der Waals surface area contributed by atoms with Crippen molar-refractivity contribution in [3.63, 3.8) is 0 Å². The second-order valence-corrected chi connectivity index (χ2v) is 4.31. The second kappa shape index (κ2) is 5.03. The molecule has 1 aromatic heterocycles. The summed E-state index contributed by atoms with van der Waals surface area (Å²) >= 11 is 1.48. The van der Waals surface area contributed by atoms with Crippen LogP contribution in [0.5, 0.6) is 0 Å². The van der Waals surface area contributed by atoms with Crippen molar-refractivity contribution in [1.29, 1.82) is 0 Å². The van der Waals surface area contributed by atoms with Gasteiger partial charge in [0.1, 0.15) is 5.01 Å². The maximum absolute atomic E-state index is 10.7. The maximum atomic E-state index is 10.7. The number of thiazole rings is 1. The first-order valence-electron chi connectivity index (χ1n) is 4.89. The average molecular weight is 250 g/mol. The van der Waals surface area contributed by atoms with Gasteiger partial charge < -0.3 is 4.74 Å². The summed E-state index contributed by atoms with van der Waals surface area (Å²) in [7, 11) is 1.61. The highest BCUT2D eigenvalue weighted by atomic mass is 32.1. The highest BCUT2D eigenvalue weighted by Crippen LogP contribution is 2.25. The van der Waals surface area contributed by atoms with Crippen molar-refractivity contribution in [3.05, 3.63) is 44.8 Å². The van der Waals surface area contributed by atoms with Crippen LogP contribution in [0.3, 0.4) is 0 Å². The summed E-state index contributed by atoms with van der Waals surface area (Å²) in [5.74, 6) is 0. The quantitative estimate of drug-likeness (QED) is 0.618. The number of hydrogen-bond acceptors (Lipinski definition) is 5. The van der Waals surface area contributed by atoms with Gasteiger partial charge in [0.05, 0.1) is 17.2 Å². The Morgan fingerprint density at radius 3 is 3.06 bits per heavy atom. The van der Waals surface area contributed by atoms with Gasteiger partial charge in [-0.3, -0.25) is 10.1 Å². The van der Waals surface area contributed by atoms with Crippen molar-refractivity contribution in [2.75, 3.05) is 7.11 Å². The molecule has 2 aromatic rings. The standard InChI is InChI=1S/C11H10N2O3S/c1-16-6-11-12-10(7-17-11)8-3-2-4-9(5-8)13(14)15/h2-5,7H,6H2,1H3. The van der Waals surface area contributed by atoms with E-state index >= 15 is 0 Å². The van der Waals surface area contributed by atoms with E-state index in [4.69, 9.17) is 4.74 Å². The van der Waals surface area contributed by atoms with Crippen molar-refractivity contribution < 1.29 is 9.66 Å². The predicted molar refractivity (Wildman–Crippen MR) is 64.9 cm³/mol. The number of aromatic nitrogens is 1. The molecule has 0 aliphatic carbocycles. The number of non-ortho nitro benzene ring substituents is 1. The van der Waals surface area contributed by atoms with E-state index in [2.05, 4.69) is 4.98 Å². The minimum absolute atomic E-state index is 0.0730. The third-order valence-corrected chi connectivity index (χ3v) is 2.99. The Bertz CT molecular complexity index is 539. The van der Waals surface area contributed by atoms with Crippen LogP contribution in [0.2, 0.25) is 0 Å². The van der Waals surface area contributed by atoms with E-state index in [9.17, 15) is 10.1 Å². The van der Waals surface area contributed by atoms with Gasteiger partial charge >= 0.3 is 0 Å². The topological polar surface area (TPSA) is 65.3 Å². The van der Waals surface area contributed by atoms with Gasteiger partial charge in [-0.05, 0) is 0 Å². The smallest absolute Gasteiger partial charge is 0.270 e. The van der Waals surface area contributed by atoms with Crippen LogP contribution in [0, 0.1) is 10.1 Å². The Hall–Kier alpha value is -1.79. The molecule has 1 heterocycles. The molecule has 2 rings (SSSR count). The number of benzene rings is 1. The Labute approximate surface area is 102 Å². The first-order chi connectivity index (χ1) is 8.20. The van der Waals surface area contributed by atoms with E-state index in [1.165, 1.54) is 23.5 Å². The molecule has 1 aromatic carbocycles. The van der Waals surface area contributed by atoms with E-state index in [-0.39, 0.29) is 5.69 Å². The molecule has 0 radical (unpaired) electrons. The summed E-state index contributed by atoms with van der Waals surface area (Å²) in [5.41, 5.74) is 1.56. The van der Waals surface area contributed by atoms with E-state index in [0.717, 1.165) is 16.3 Å². The fourth-order valence-electron chi connectivity index (χ4n) is 1.41. The van der Waals surface area contributed by atoms with Crippen LogP contribution in [-0.4, -0.2) is 17.0 Å². The zero-order valence-electron chi connectivity index (χ0n) is 9.12. The average Bonchev–Trinajstić information content (AvgIpc) is 2.78. The Morgan fingerprint density at radius 2 is 2.35 bits per heavy atom. The van der Waals surface area contributed by atoms with Gasteiger partial charge in [0.2, 0.25) is 0 Å². The molecule has 0 N–H and O–H groups in total. The molecule has 6 heteroatoms. The molecular weight excluding hydrogens is 240 g/mol. The lowest BCUT2D eigenvalue weighted by Gasteiger charge is -1.96. The van der Waals surface area contributed by atoms with Gasteiger partial charge in [-0.25, -0.2) is 4.98 Å². The molecule has 0 bridgehead atoms. The van der Waals surface area contributed by atoms with Crippen molar-refractivity contribution in [2.24, 2.45) is 0 Å². The lowest BCUT2D eigenvalue weighted by Crippen LogP contribution is -1.89. The van der Waals surface area contributed by atoms with Crippen molar-refractivity contribution in [2.45, 2.75) is 6.61 Å². The molecule has 0 aliphatic heterocycles. The fourth-order valence-corrected chi connectivity index (χ4v) is 2.19. The molecule has 5 nitrogen and oxygen atoms in total. The number of nitro groups is 1. The zero-order valence-corrected chi connectivity index (χ0v) is 9.94. The molecule has 0 saturated carbocycles. The minimum atomic E-state index is -0.411. The van der Waals surface area contributed by atoms with Crippen LogP contribution in [-0.2, 0) is 11.3 Å². The molecule has 0 saturated heterocycles. The maximum Gasteiger partial charge on any atom is 0.270 e. The summed E-state index contributed by atoms with van der Waals surface area (Å²) in [6, 6.07) is 6.44. The van der Waals surface area contributed by atoms with Crippen LogP contribution >= 0.6 is 11.3 Å². The first-order valence-corrected chi connectivity index (χ1v) is 5.77. The van der Waals surface area contributed by atoms with Gasteiger partial charge in [0.15, 0.2) is 0 Å². The van der Waals surface area contributed by atoms with Gasteiger partial charge in [-0.2, -0.15) is 0 Å². The van der Waals surface area contributed by atoms with Crippen LogP contribution in [0.1, 0.15) is 5.01 Å². The molecule has 0 atom stereocenters. The van der Waals surface area contributed by atoms with Gasteiger partial charge in [-0.15, -0.1) is 11.3 Å². The summed E-state index contributed by atoms with van der Waals surface area (Å²) in [6.07, 6.45) is 0. The largest absolute Gasteiger partial charge is 0.378 e. The number of nitro benzene ring substituents is 1. The van der Waals surface area contributed by atoms with Crippen LogP contribution in [0.25, 0.3) is 11.3 Å². The first kappa shape index (κ1) is 11.7. The van der Waals surface area contributed by atoms with Gasteiger partial charge in [0.25, 0.3) is 5.69 Å². The van der Waals surface area contributed by atoms with Crippen LogP contribution in [0.4, 0.5) is 5.69 Å². The Morgan fingerprint density at radius 1 is 1.53 bits per heavy atom. The highest BCUT2D eigenvalue weighted by Gasteiger charge is 2.09. The van der Waals surface area contributed by atoms with E-state index < -0.39 is 4.92 Å². The molecule has 0 spiro atoms. The summed E-state index contributed by atoms with van der Waals surface area (Å²) in [4.78, 5) is 14.6. The molecule has 0 amide bonds. The van der Waals surface area contributed by atoms with Crippen molar-refractivity contribution in [3.8, 4) is 11.3 Å². The SMILES string of the molecule is COCc1nc(-c2cccc([N+](=O)[O-])c2)cs1. The lowest BCUT2D eigenvalue weighted by atomic mass is 10.1. The molecule has 17 heavy (non-hydrogen) atoms.